The molecule has 1 aromatic heterocycles. The fraction of sp³-hybridized carbons (Fsp3) is 0.214. The Morgan fingerprint density at radius 2 is 2.11 bits per heavy atom. The number of aromatic hydroxyl groups is 1. The molecular formula is C14H16BrN3O. The Morgan fingerprint density at radius 3 is 2.79 bits per heavy atom. The van der Waals surface area contributed by atoms with Crippen molar-refractivity contribution in [2.75, 3.05) is 24.3 Å². The first kappa shape index (κ1) is 13.7. The van der Waals surface area contributed by atoms with Crippen molar-refractivity contribution in [3.8, 4) is 5.75 Å². The lowest BCUT2D eigenvalue weighted by atomic mass is 10.2. The number of phenols is 1. The lowest BCUT2D eigenvalue weighted by molar-refractivity contribution is 0.471. The van der Waals surface area contributed by atoms with E-state index in [1.165, 1.54) is 0 Å². The number of hydrogen-bond donors (Lipinski definition) is 2. The van der Waals surface area contributed by atoms with Crippen molar-refractivity contribution in [2.24, 2.45) is 0 Å². The van der Waals surface area contributed by atoms with Crippen LogP contribution in [0.15, 0.2) is 41.0 Å². The summed E-state index contributed by atoms with van der Waals surface area (Å²) in [6.45, 7) is 0.672. The quantitative estimate of drug-likeness (QED) is 0.907. The minimum absolute atomic E-state index is 0.249. The van der Waals surface area contributed by atoms with Crippen LogP contribution in [0.5, 0.6) is 5.75 Å². The highest BCUT2D eigenvalue weighted by molar-refractivity contribution is 9.10. The van der Waals surface area contributed by atoms with E-state index in [0.29, 0.717) is 11.0 Å². The van der Waals surface area contributed by atoms with Gasteiger partial charge >= 0.3 is 0 Å². The second kappa shape index (κ2) is 5.93. The Hall–Kier alpha value is -1.75. The third-order valence-corrected chi connectivity index (χ3v) is 3.34. The van der Waals surface area contributed by atoms with Gasteiger partial charge in [-0.1, -0.05) is 6.07 Å². The van der Waals surface area contributed by atoms with Gasteiger partial charge in [0.15, 0.2) is 5.82 Å². The maximum atomic E-state index is 9.46. The summed E-state index contributed by atoms with van der Waals surface area (Å²) in [5.74, 6) is 1.15. The molecule has 4 nitrogen and oxygen atoms in total. The number of rotatable bonds is 4. The molecule has 0 saturated heterocycles. The zero-order valence-corrected chi connectivity index (χ0v) is 12.5. The summed E-state index contributed by atoms with van der Waals surface area (Å²) < 4.78 is 0.700. The van der Waals surface area contributed by atoms with Crippen LogP contribution in [-0.2, 0) is 6.54 Å². The molecule has 0 spiro atoms. The van der Waals surface area contributed by atoms with E-state index in [0.717, 1.165) is 17.1 Å². The van der Waals surface area contributed by atoms with Gasteiger partial charge in [-0.2, -0.15) is 0 Å². The number of nitrogens with one attached hydrogen (secondary N) is 1. The first-order chi connectivity index (χ1) is 9.08. The third kappa shape index (κ3) is 3.38. The monoisotopic (exact) mass is 321 g/mol. The number of nitrogens with zero attached hydrogens (tertiary/aromatic N) is 2. The molecule has 0 fully saturated rings. The number of halogens is 1. The van der Waals surface area contributed by atoms with Crippen molar-refractivity contribution in [2.45, 2.75) is 6.54 Å². The molecule has 1 aromatic carbocycles. The van der Waals surface area contributed by atoms with Gasteiger partial charge in [-0.3, -0.25) is 0 Å². The van der Waals surface area contributed by atoms with Gasteiger partial charge in [0.2, 0.25) is 0 Å². The first-order valence-corrected chi connectivity index (χ1v) is 6.71. The number of aromatic nitrogens is 1. The maximum Gasteiger partial charge on any atom is 0.151 e. The number of hydrogen-bond acceptors (Lipinski definition) is 4. The van der Waals surface area contributed by atoms with Crippen molar-refractivity contribution < 1.29 is 5.11 Å². The molecule has 5 heteroatoms. The molecule has 19 heavy (non-hydrogen) atoms. The van der Waals surface area contributed by atoms with E-state index >= 15 is 0 Å². The molecule has 2 rings (SSSR count). The minimum atomic E-state index is 0.249. The molecule has 0 amide bonds. The smallest absolute Gasteiger partial charge is 0.151 e. The minimum Gasteiger partial charge on any atom is -0.507 e. The molecule has 0 aliphatic carbocycles. The van der Waals surface area contributed by atoms with E-state index in [-0.39, 0.29) is 5.75 Å². The van der Waals surface area contributed by atoms with Crippen molar-refractivity contribution in [1.29, 1.82) is 0 Å². The summed E-state index contributed by atoms with van der Waals surface area (Å²) >= 11 is 3.31. The fourth-order valence-corrected chi connectivity index (χ4v) is 2.18. The largest absolute Gasteiger partial charge is 0.507 e. The highest BCUT2D eigenvalue weighted by Gasteiger charge is 2.05. The van der Waals surface area contributed by atoms with E-state index in [4.69, 9.17) is 0 Å². The number of anilines is 2. The van der Waals surface area contributed by atoms with Crippen LogP contribution in [0.25, 0.3) is 0 Å². The van der Waals surface area contributed by atoms with E-state index in [1.54, 1.807) is 12.3 Å². The van der Waals surface area contributed by atoms with Gasteiger partial charge in [0.1, 0.15) is 5.75 Å². The van der Waals surface area contributed by atoms with E-state index in [9.17, 15) is 5.11 Å². The average molecular weight is 322 g/mol. The zero-order valence-electron chi connectivity index (χ0n) is 10.9. The van der Waals surface area contributed by atoms with Crippen LogP contribution in [0.4, 0.5) is 11.5 Å². The first-order valence-electron chi connectivity index (χ1n) is 5.91. The molecule has 0 atom stereocenters. The predicted octanol–water partition coefficient (Wildman–Crippen LogP) is 3.23. The van der Waals surface area contributed by atoms with Gasteiger partial charge in [0.25, 0.3) is 0 Å². The summed E-state index contributed by atoms with van der Waals surface area (Å²) in [6.07, 6.45) is 1.78. The van der Waals surface area contributed by atoms with Crippen LogP contribution in [0, 0.1) is 0 Å². The Kier molecular flexibility index (Phi) is 4.27. The zero-order chi connectivity index (χ0) is 13.8. The van der Waals surface area contributed by atoms with Crippen molar-refractivity contribution in [3.63, 3.8) is 0 Å². The third-order valence-electron chi connectivity index (χ3n) is 2.71. The van der Waals surface area contributed by atoms with Crippen LogP contribution < -0.4 is 10.2 Å². The maximum absolute atomic E-state index is 9.46. The highest BCUT2D eigenvalue weighted by Crippen LogP contribution is 2.25. The van der Waals surface area contributed by atoms with E-state index in [2.05, 4.69) is 26.2 Å². The Balaban J connectivity index is 2.12. The normalized spacial score (nSPS) is 10.3. The summed E-state index contributed by atoms with van der Waals surface area (Å²) in [6, 6.07) is 9.36. The van der Waals surface area contributed by atoms with Crippen molar-refractivity contribution >= 4 is 27.4 Å². The molecule has 0 saturated carbocycles. The Bertz CT molecular complexity index is 572. The van der Waals surface area contributed by atoms with Crippen LogP contribution in [0.2, 0.25) is 0 Å². The lowest BCUT2D eigenvalue weighted by Gasteiger charge is -2.17. The summed E-state index contributed by atoms with van der Waals surface area (Å²) in [4.78, 5) is 6.30. The molecule has 0 aliphatic rings. The van der Waals surface area contributed by atoms with Crippen molar-refractivity contribution in [1.82, 2.24) is 4.98 Å². The van der Waals surface area contributed by atoms with Gasteiger partial charge in [-0.15, -0.1) is 0 Å². The van der Waals surface area contributed by atoms with E-state index < -0.39 is 0 Å². The molecule has 100 valence electrons. The molecule has 2 N–H and O–H groups in total. The molecule has 2 aromatic rings. The van der Waals surface area contributed by atoms with Gasteiger partial charge in [-0.25, -0.2) is 4.98 Å². The molecule has 0 aliphatic heterocycles. The van der Waals surface area contributed by atoms with Gasteiger partial charge in [0.05, 0.1) is 10.2 Å². The summed E-state index contributed by atoms with van der Waals surface area (Å²) in [5, 5.41) is 12.8. The van der Waals surface area contributed by atoms with Gasteiger partial charge in [0, 0.05) is 26.8 Å². The Morgan fingerprint density at radius 1 is 1.32 bits per heavy atom. The van der Waals surface area contributed by atoms with Crippen LogP contribution in [0.1, 0.15) is 5.56 Å². The number of pyridine rings is 1. The van der Waals surface area contributed by atoms with Crippen LogP contribution in [-0.4, -0.2) is 24.2 Å². The Labute approximate surface area is 121 Å². The molecule has 1 heterocycles. The number of benzene rings is 1. The van der Waals surface area contributed by atoms with E-state index in [1.807, 2.05) is 43.3 Å². The van der Waals surface area contributed by atoms with Gasteiger partial charge in [-0.05, 0) is 45.8 Å². The van der Waals surface area contributed by atoms with Gasteiger partial charge < -0.3 is 15.3 Å². The van der Waals surface area contributed by atoms with Crippen LogP contribution >= 0.6 is 15.9 Å². The number of phenolic OH excluding ortho intramolecular Hbond substituents is 1. The molecular weight excluding hydrogens is 306 g/mol. The SMILES string of the molecule is CN(C)c1ncccc1NCc1ccc(O)c(Br)c1. The molecule has 0 radical (unpaired) electrons. The van der Waals surface area contributed by atoms with Crippen molar-refractivity contribution in [3.05, 3.63) is 46.6 Å². The second-order valence-electron chi connectivity index (χ2n) is 4.41. The standard InChI is InChI=1S/C14H16BrN3O/c1-18(2)14-12(4-3-7-16-14)17-9-10-5-6-13(19)11(15)8-10/h3-8,17,19H,9H2,1-2H3. The van der Waals surface area contributed by atoms with Crippen LogP contribution in [0.3, 0.4) is 0 Å². The fourth-order valence-electron chi connectivity index (χ4n) is 1.75. The predicted molar refractivity (Wildman–Crippen MR) is 81.7 cm³/mol. The summed E-state index contributed by atoms with van der Waals surface area (Å²) in [7, 11) is 3.93. The highest BCUT2D eigenvalue weighted by atomic mass is 79.9. The second-order valence-corrected chi connectivity index (χ2v) is 5.26. The summed E-state index contributed by atoms with van der Waals surface area (Å²) in [5.41, 5.74) is 2.06. The topological polar surface area (TPSA) is 48.4 Å². The average Bonchev–Trinajstić information content (AvgIpc) is 2.40. The molecule has 0 bridgehead atoms. The molecule has 0 unspecified atom stereocenters. The lowest BCUT2D eigenvalue weighted by Crippen LogP contribution is -2.13.